The number of hydrazine groups is 1. The fourth-order valence-electron chi connectivity index (χ4n) is 2.76. The third-order valence-corrected chi connectivity index (χ3v) is 4.30. The fraction of sp³-hybridized carbons (Fsp3) is 0.357. The normalized spacial score (nSPS) is 27.9. The second kappa shape index (κ2) is 5.50. The minimum atomic E-state index is -0.730. The van der Waals surface area contributed by atoms with E-state index in [0.717, 1.165) is 5.69 Å². The summed E-state index contributed by atoms with van der Waals surface area (Å²) >= 11 is 1.44. The van der Waals surface area contributed by atoms with Gasteiger partial charge in [0.25, 0.3) is 0 Å². The van der Waals surface area contributed by atoms with Gasteiger partial charge in [-0.1, -0.05) is 30.0 Å². The highest BCUT2D eigenvalue weighted by Crippen LogP contribution is 2.33. The average molecular weight is 304 g/mol. The standard InChI is InChI=1S/C14H16N4O2S/c1-8(19)10-11-12(16-17-14(15-11)21-2)18(13(10)20)9-6-4-3-5-7-9/h3-7,10-12,16H,1-2H3,(H,15,17)/t10-,11+,12+/m0/s1. The maximum atomic E-state index is 12.7. The van der Waals surface area contributed by atoms with Gasteiger partial charge in [0.2, 0.25) is 5.91 Å². The highest BCUT2D eigenvalue weighted by Gasteiger charge is 2.52. The number of hydrogen-bond donors (Lipinski definition) is 2. The van der Waals surface area contributed by atoms with Crippen molar-refractivity contribution < 1.29 is 9.59 Å². The van der Waals surface area contributed by atoms with Crippen molar-refractivity contribution in [2.45, 2.75) is 19.1 Å². The number of ketones is 1. The van der Waals surface area contributed by atoms with Gasteiger partial charge in [-0.25, -0.2) is 5.43 Å². The number of nitrogens with one attached hydrogen (secondary N) is 2. The number of amidine groups is 1. The highest BCUT2D eigenvalue weighted by molar-refractivity contribution is 8.13. The van der Waals surface area contributed by atoms with Gasteiger partial charge in [0.15, 0.2) is 5.17 Å². The van der Waals surface area contributed by atoms with Crippen LogP contribution in [0.5, 0.6) is 0 Å². The van der Waals surface area contributed by atoms with Crippen LogP contribution in [0.3, 0.4) is 0 Å². The lowest BCUT2D eigenvalue weighted by atomic mass is 9.98. The first-order valence-electron chi connectivity index (χ1n) is 6.65. The summed E-state index contributed by atoms with van der Waals surface area (Å²) in [4.78, 5) is 30.7. The number of hydrogen-bond acceptors (Lipinski definition) is 6. The van der Waals surface area contributed by atoms with Gasteiger partial charge >= 0.3 is 0 Å². The number of fused-ring (bicyclic) bond motifs is 1. The number of para-hydroxylation sites is 1. The number of nitrogens with zero attached hydrogens (tertiary/aromatic N) is 2. The summed E-state index contributed by atoms with van der Waals surface area (Å²) < 4.78 is 0. The van der Waals surface area contributed by atoms with Crippen LogP contribution in [-0.4, -0.2) is 35.3 Å². The van der Waals surface area contributed by atoms with Crippen molar-refractivity contribution in [3.05, 3.63) is 30.3 Å². The molecule has 2 N–H and O–H groups in total. The summed E-state index contributed by atoms with van der Waals surface area (Å²) in [5, 5.41) is 0.685. The molecule has 0 unspecified atom stereocenters. The summed E-state index contributed by atoms with van der Waals surface area (Å²) in [5.41, 5.74) is 6.84. The zero-order valence-electron chi connectivity index (χ0n) is 11.7. The molecule has 6 nitrogen and oxygen atoms in total. The minimum absolute atomic E-state index is 0.152. The molecule has 2 aliphatic rings. The van der Waals surface area contributed by atoms with Crippen molar-refractivity contribution in [3.8, 4) is 0 Å². The lowest BCUT2D eigenvalue weighted by Gasteiger charge is -2.31. The van der Waals surface area contributed by atoms with Gasteiger partial charge in [-0.05, 0) is 25.3 Å². The van der Waals surface area contributed by atoms with Gasteiger partial charge in [-0.2, -0.15) is 0 Å². The van der Waals surface area contributed by atoms with E-state index < -0.39 is 12.0 Å². The quantitative estimate of drug-likeness (QED) is 0.789. The number of rotatable bonds is 2. The number of benzene rings is 1. The Bertz CT molecular complexity index is 604. The summed E-state index contributed by atoms with van der Waals surface area (Å²) in [7, 11) is 0. The molecular weight excluding hydrogens is 288 g/mol. The molecule has 0 aliphatic carbocycles. The molecule has 3 rings (SSSR count). The monoisotopic (exact) mass is 304 g/mol. The summed E-state index contributed by atoms with van der Waals surface area (Å²) in [6.45, 7) is 1.45. The van der Waals surface area contributed by atoms with Crippen LogP contribution in [0.4, 0.5) is 5.69 Å². The Labute approximate surface area is 127 Å². The van der Waals surface area contributed by atoms with Crippen LogP contribution in [0, 0.1) is 5.92 Å². The molecule has 2 heterocycles. The molecule has 1 saturated heterocycles. The predicted octanol–water partition coefficient (Wildman–Crippen LogP) is 0.760. The topological polar surface area (TPSA) is 73.8 Å². The fourth-order valence-corrected chi connectivity index (χ4v) is 3.15. The number of aliphatic imine (C=N–C) groups is 1. The van der Waals surface area contributed by atoms with Crippen LogP contribution in [-0.2, 0) is 9.59 Å². The van der Waals surface area contributed by atoms with Gasteiger partial charge in [0, 0.05) is 5.69 Å². The van der Waals surface area contributed by atoms with E-state index in [-0.39, 0.29) is 17.9 Å². The molecule has 1 fully saturated rings. The van der Waals surface area contributed by atoms with Crippen LogP contribution >= 0.6 is 11.8 Å². The van der Waals surface area contributed by atoms with Crippen LogP contribution in [0.15, 0.2) is 35.3 Å². The predicted molar refractivity (Wildman–Crippen MR) is 82.9 cm³/mol. The van der Waals surface area contributed by atoms with Crippen molar-refractivity contribution in [3.63, 3.8) is 0 Å². The number of amides is 1. The maximum absolute atomic E-state index is 12.7. The Balaban J connectivity index is 2.03. The number of Topliss-reactive ketones (excluding diaryl/α,β-unsaturated/α-hetero) is 1. The van der Waals surface area contributed by atoms with Crippen LogP contribution in [0.1, 0.15) is 6.92 Å². The zero-order valence-corrected chi connectivity index (χ0v) is 12.6. The Morgan fingerprint density at radius 3 is 2.67 bits per heavy atom. The summed E-state index contributed by atoms with van der Waals surface area (Å²) in [6, 6.07) is 8.93. The van der Waals surface area contributed by atoms with Crippen molar-refractivity contribution in [2.75, 3.05) is 11.2 Å². The Kier molecular flexibility index (Phi) is 3.69. The Hall–Kier alpha value is -1.86. The van der Waals surface area contributed by atoms with E-state index in [1.807, 2.05) is 36.6 Å². The maximum Gasteiger partial charge on any atom is 0.241 e. The molecule has 21 heavy (non-hydrogen) atoms. The molecule has 1 amide bonds. The van der Waals surface area contributed by atoms with Crippen molar-refractivity contribution >= 4 is 34.3 Å². The van der Waals surface area contributed by atoms with Crippen LogP contribution < -0.4 is 15.8 Å². The summed E-state index contributed by atoms with van der Waals surface area (Å²) in [6.07, 6.45) is 1.53. The number of anilines is 1. The molecule has 0 aromatic heterocycles. The first-order valence-corrected chi connectivity index (χ1v) is 7.88. The Morgan fingerprint density at radius 2 is 2.05 bits per heavy atom. The van der Waals surface area contributed by atoms with Crippen LogP contribution in [0.25, 0.3) is 0 Å². The van der Waals surface area contributed by atoms with E-state index in [1.165, 1.54) is 18.7 Å². The first kappa shape index (κ1) is 14.1. The third-order valence-electron chi connectivity index (χ3n) is 3.71. The van der Waals surface area contributed by atoms with Crippen molar-refractivity contribution in [1.29, 1.82) is 0 Å². The molecule has 7 heteroatoms. The average Bonchev–Trinajstić information content (AvgIpc) is 2.79. The molecule has 1 aromatic carbocycles. The van der Waals surface area contributed by atoms with E-state index in [1.54, 1.807) is 4.90 Å². The van der Waals surface area contributed by atoms with Gasteiger partial charge < -0.3 is 0 Å². The third kappa shape index (κ3) is 2.32. The zero-order chi connectivity index (χ0) is 15.0. The SMILES string of the molecule is CSC1=N[C@@H]2[C@H](C(C)=O)C(=O)N(c3ccccc3)[C@H]2NN1. The van der Waals surface area contributed by atoms with E-state index in [2.05, 4.69) is 15.8 Å². The number of carbonyl (C=O) groups is 2. The van der Waals surface area contributed by atoms with Crippen molar-refractivity contribution in [1.82, 2.24) is 10.9 Å². The number of thioether (sulfide) groups is 1. The van der Waals surface area contributed by atoms with E-state index >= 15 is 0 Å². The molecule has 0 saturated carbocycles. The van der Waals surface area contributed by atoms with Gasteiger partial charge in [0.05, 0.1) is 0 Å². The molecule has 3 atom stereocenters. The number of carbonyl (C=O) groups excluding carboxylic acids is 2. The second-order valence-electron chi connectivity index (χ2n) is 4.98. The Morgan fingerprint density at radius 1 is 1.33 bits per heavy atom. The molecule has 110 valence electrons. The minimum Gasteiger partial charge on any atom is -0.299 e. The lowest BCUT2D eigenvalue weighted by Crippen LogP contribution is -2.58. The molecule has 2 aliphatic heterocycles. The van der Waals surface area contributed by atoms with E-state index in [9.17, 15) is 9.59 Å². The summed E-state index contributed by atoms with van der Waals surface area (Å²) in [5.74, 6) is -1.09. The molecule has 0 radical (unpaired) electrons. The van der Waals surface area contributed by atoms with Crippen molar-refractivity contribution in [2.24, 2.45) is 10.9 Å². The molecule has 1 aromatic rings. The largest absolute Gasteiger partial charge is 0.299 e. The first-order chi connectivity index (χ1) is 10.1. The van der Waals surface area contributed by atoms with E-state index in [0.29, 0.717) is 5.17 Å². The smallest absolute Gasteiger partial charge is 0.241 e. The van der Waals surface area contributed by atoms with E-state index in [4.69, 9.17) is 0 Å². The van der Waals surface area contributed by atoms with Crippen LogP contribution in [0.2, 0.25) is 0 Å². The second-order valence-corrected chi connectivity index (χ2v) is 5.77. The van der Waals surface area contributed by atoms with Gasteiger partial charge in [0.1, 0.15) is 23.9 Å². The highest BCUT2D eigenvalue weighted by atomic mass is 32.2. The molecule has 0 spiro atoms. The van der Waals surface area contributed by atoms with Gasteiger partial charge in [-0.3, -0.25) is 24.9 Å². The lowest BCUT2D eigenvalue weighted by molar-refractivity contribution is -0.129. The van der Waals surface area contributed by atoms with Gasteiger partial charge in [-0.15, -0.1) is 0 Å². The molecular formula is C14H16N4O2S. The molecule has 0 bridgehead atoms.